The van der Waals surface area contributed by atoms with Gasteiger partial charge in [-0.2, -0.15) is 5.10 Å². The Balaban J connectivity index is 1.91. The van der Waals surface area contributed by atoms with E-state index in [4.69, 9.17) is 37.4 Å². The van der Waals surface area contributed by atoms with E-state index in [1.807, 2.05) is 10.7 Å². The lowest BCUT2D eigenvalue weighted by molar-refractivity contribution is -0.0368. The molecule has 1 aliphatic heterocycles. The summed E-state index contributed by atoms with van der Waals surface area (Å²) < 4.78 is 19.4. The number of methoxy groups -OCH3 is 2. The SMILES string of the molecule is COc1cc(OC)c(Cl)c(-c2cnc3c(I)nn(C4CCCCO4)c3c2)c1Cl. The molecule has 1 aromatic carbocycles. The van der Waals surface area contributed by atoms with Crippen LogP contribution in [0.3, 0.4) is 0 Å². The first kappa shape index (κ1) is 20.0. The predicted molar refractivity (Wildman–Crippen MR) is 118 cm³/mol. The van der Waals surface area contributed by atoms with E-state index in [2.05, 4.69) is 32.7 Å². The molecule has 0 radical (unpaired) electrons. The van der Waals surface area contributed by atoms with Crippen molar-refractivity contribution in [2.45, 2.75) is 25.5 Å². The first-order valence-corrected chi connectivity index (χ1v) is 10.6. The van der Waals surface area contributed by atoms with Gasteiger partial charge in [0.2, 0.25) is 0 Å². The van der Waals surface area contributed by atoms with Crippen LogP contribution >= 0.6 is 45.8 Å². The smallest absolute Gasteiger partial charge is 0.150 e. The number of benzene rings is 1. The normalized spacial score (nSPS) is 17.1. The molecule has 0 aliphatic carbocycles. The highest BCUT2D eigenvalue weighted by Crippen LogP contribution is 2.46. The van der Waals surface area contributed by atoms with Crippen LogP contribution in [0.1, 0.15) is 25.5 Å². The van der Waals surface area contributed by atoms with Crippen molar-refractivity contribution in [1.82, 2.24) is 14.8 Å². The lowest BCUT2D eigenvalue weighted by Gasteiger charge is -2.23. The maximum absolute atomic E-state index is 6.58. The van der Waals surface area contributed by atoms with Crippen LogP contribution in [0.2, 0.25) is 10.0 Å². The number of hydrogen-bond acceptors (Lipinski definition) is 5. The molecule has 9 heteroatoms. The van der Waals surface area contributed by atoms with Gasteiger partial charge in [0.25, 0.3) is 0 Å². The van der Waals surface area contributed by atoms with Crippen LogP contribution in [0.4, 0.5) is 0 Å². The first-order chi connectivity index (χ1) is 13.5. The fourth-order valence-electron chi connectivity index (χ4n) is 3.39. The Hall–Kier alpha value is -1.29. The number of rotatable bonds is 4. The van der Waals surface area contributed by atoms with Crippen molar-refractivity contribution < 1.29 is 14.2 Å². The largest absolute Gasteiger partial charge is 0.495 e. The molecule has 148 valence electrons. The molecule has 3 aromatic rings. The zero-order valence-corrected chi connectivity index (χ0v) is 19.0. The van der Waals surface area contributed by atoms with Crippen LogP contribution in [0, 0.1) is 3.70 Å². The van der Waals surface area contributed by atoms with E-state index in [-0.39, 0.29) is 6.23 Å². The van der Waals surface area contributed by atoms with Gasteiger partial charge in [-0.1, -0.05) is 23.2 Å². The van der Waals surface area contributed by atoms with Gasteiger partial charge in [0.15, 0.2) is 6.23 Å². The van der Waals surface area contributed by atoms with Crippen molar-refractivity contribution in [3.63, 3.8) is 0 Å². The van der Waals surface area contributed by atoms with E-state index in [9.17, 15) is 0 Å². The predicted octanol–water partition coefficient (Wildman–Crippen LogP) is 5.73. The lowest BCUT2D eigenvalue weighted by Crippen LogP contribution is -2.19. The molecule has 28 heavy (non-hydrogen) atoms. The molecule has 2 aromatic heterocycles. The minimum atomic E-state index is -0.0948. The van der Waals surface area contributed by atoms with Crippen molar-refractivity contribution >= 4 is 56.8 Å². The summed E-state index contributed by atoms with van der Waals surface area (Å²) in [7, 11) is 3.11. The molecule has 1 fully saturated rings. The molecule has 3 heterocycles. The Kier molecular flexibility index (Phi) is 5.87. The highest BCUT2D eigenvalue weighted by molar-refractivity contribution is 14.1. The molecule has 1 aliphatic rings. The van der Waals surface area contributed by atoms with E-state index in [0.717, 1.165) is 46.2 Å². The van der Waals surface area contributed by atoms with Crippen LogP contribution in [0.25, 0.3) is 22.2 Å². The van der Waals surface area contributed by atoms with Crippen molar-refractivity contribution in [2.75, 3.05) is 20.8 Å². The molecular formula is C19H18Cl2IN3O3. The molecule has 1 unspecified atom stereocenters. The van der Waals surface area contributed by atoms with E-state index in [1.54, 1.807) is 26.5 Å². The number of halogens is 3. The van der Waals surface area contributed by atoms with Gasteiger partial charge in [-0.05, 0) is 47.9 Å². The number of fused-ring (bicyclic) bond motifs is 1. The molecule has 0 N–H and O–H groups in total. The molecule has 4 rings (SSSR count). The van der Waals surface area contributed by atoms with E-state index in [1.165, 1.54) is 0 Å². The number of hydrogen-bond donors (Lipinski definition) is 0. The number of aromatic nitrogens is 3. The Morgan fingerprint density at radius 3 is 2.46 bits per heavy atom. The van der Waals surface area contributed by atoms with E-state index in [0.29, 0.717) is 27.1 Å². The summed E-state index contributed by atoms with van der Waals surface area (Å²) >= 11 is 15.4. The minimum absolute atomic E-state index is 0.0948. The summed E-state index contributed by atoms with van der Waals surface area (Å²) in [6.07, 6.45) is 4.75. The molecule has 1 atom stereocenters. The van der Waals surface area contributed by atoms with Gasteiger partial charge in [0.1, 0.15) is 20.7 Å². The highest BCUT2D eigenvalue weighted by atomic mass is 127. The van der Waals surface area contributed by atoms with Gasteiger partial charge >= 0.3 is 0 Å². The minimum Gasteiger partial charge on any atom is -0.495 e. The van der Waals surface area contributed by atoms with Crippen LogP contribution in [-0.4, -0.2) is 35.6 Å². The summed E-state index contributed by atoms with van der Waals surface area (Å²) in [6.45, 7) is 0.737. The first-order valence-electron chi connectivity index (χ1n) is 8.80. The molecule has 6 nitrogen and oxygen atoms in total. The Bertz CT molecular complexity index is 1010. The molecule has 0 amide bonds. The summed E-state index contributed by atoms with van der Waals surface area (Å²) in [5, 5.41) is 5.47. The highest BCUT2D eigenvalue weighted by Gasteiger charge is 2.24. The molecular weight excluding hydrogens is 516 g/mol. The molecule has 1 saturated heterocycles. The summed E-state index contributed by atoms with van der Waals surface area (Å²) in [5.41, 5.74) is 3.07. The molecule has 0 bridgehead atoms. The Labute approximate surface area is 186 Å². The molecule has 0 spiro atoms. The maximum atomic E-state index is 6.58. The fraction of sp³-hybridized carbons (Fsp3) is 0.368. The average molecular weight is 534 g/mol. The topological polar surface area (TPSA) is 58.4 Å². The summed E-state index contributed by atoms with van der Waals surface area (Å²) in [4.78, 5) is 4.62. The number of nitrogens with zero attached hydrogens (tertiary/aromatic N) is 3. The fourth-order valence-corrected chi connectivity index (χ4v) is 4.76. The van der Waals surface area contributed by atoms with E-state index < -0.39 is 0 Å². The standard InChI is InChI=1S/C19H18Cl2IN3O3/c1-26-12-8-13(27-2)17(21)15(16(12)20)10-7-11-18(23-9-10)19(22)24-25(11)14-5-3-4-6-28-14/h7-9,14H,3-6H2,1-2H3. The van der Waals surface area contributed by atoms with Gasteiger partial charge in [0, 0.05) is 30.0 Å². The van der Waals surface area contributed by atoms with Crippen LogP contribution in [-0.2, 0) is 4.74 Å². The number of pyridine rings is 1. The van der Waals surface area contributed by atoms with Gasteiger partial charge in [-0.25, -0.2) is 4.68 Å². The third-order valence-corrected chi connectivity index (χ3v) is 6.27. The van der Waals surface area contributed by atoms with Crippen LogP contribution in [0.15, 0.2) is 18.3 Å². The van der Waals surface area contributed by atoms with Crippen molar-refractivity contribution in [3.05, 3.63) is 32.1 Å². The van der Waals surface area contributed by atoms with Gasteiger partial charge in [0.05, 0.1) is 29.8 Å². The Morgan fingerprint density at radius 1 is 1.14 bits per heavy atom. The second-order valence-corrected chi connectivity index (χ2v) is 8.21. The average Bonchev–Trinajstić information content (AvgIpc) is 3.05. The second kappa shape index (κ2) is 8.22. The summed E-state index contributed by atoms with van der Waals surface area (Å²) in [5.74, 6) is 0.966. The molecule has 0 saturated carbocycles. The third kappa shape index (κ3) is 3.42. The Morgan fingerprint density at radius 2 is 1.86 bits per heavy atom. The van der Waals surface area contributed by atoms with Crippen LogP contribution in [0.5, 0.6) is 11.5 Å². The third-order valence-electron chi connectivity index (χ3n) is 4.80. The van der Waals surface area contributed by atoms with Crippen molar-refractivity contribution in [1.29, 1.82) is 0 Å². The van der Waals surface area contributed by atoms with E-state index >= 15 is 0 Å². The lowest BCUT2D eigenvalue weighted by atomic mass is 10.1. The zero-order valence-electron chi connectivity index (χ0n) is 15.3. The monoisotopic (exact) mass is 533 g/mol. The zero-order chi connectivity index (χ0) is 19.8. The van der Waals surface area contributed by atoms with Gasteiger partial charge < -0.3 is 14.2 Å². The maximum Gasteiger partial charge on any atom is 0.150 e. The van der Waals surface area contributed by atoms with Gasteiger partial charge in [-0.15, -0.1) is 0 Å². The quantitative estimate of drug-likeness (QED) is 0.401. The van der Waals surface area contributed by atoms with Gasteiger partial charge in [-0.3, -0.25) is 4.98 Å². The number of ether oxygens (including phenoxy) is 3. The van der Waals surface area contributed by atoms with Crippen molar-refractivity contribution in [2.24, 2.45) is 0 Å². The summed E-state index contributed by atoms with van der Waals surface area (Å²) in [6, 6.07) is 3.66. The van der Waals surface area contributed by atoms with Crippen molar-refractivity contribution in [3.8, 4) is 22.6 Å². The van der Waals surface area contributed by atoms with Crippen LogP contribution < -0.4 is 9.47 Å². The second-order valence-electron chi connectivity index (χ2n) is 6.43.